The lowest BCUT2D eigenvalue weighted by molar-refractivity contribution is 0.0635. The minimum atomic E-state index is -1.66. The Morgan fingerprint density at radius 3 is 1.26 bits per heavy atom. The van der Waals surface area contributed by atoms with Crippen LogP contribution in [0.15, 0.2) is 6.07 Å². The van der Waals surface area contributed by atoms with Gasteiger partial charge in [-0.2, -0.15) is 0 Å². The molecule has 1 aromatic rings. The zero-order valence-electron chi connectivity index (χ0n) is 8.88. The van der Waals surface area contributed by atoms with Crippen molar-refractivity contribution in [2.24, 2.45) is 0 Å². The van der Waals surface area contributed by atoms with Gasteiger partial charge in [0.2, 0.25) is 0 Å². The number of carboxylic acid groups (broad SMARTS) is 4. The van der Waals surface area contributed by atoms with Crippen molar-refractivity contribution in [1.82, 2.24) is 0 Å². The van der Waals surface area contributed by atoms with Gasteiger partial charge in [0.25, 0.3) is 0 Å². The van der Waals surface area contributed by atoms with Crippen LogP contribution in [-0.4, -0.2) is 44.3 Å². The molecule has 0 aliphatic heterocycles. The van der Waals surface area contributed by atoms with Gasteiger partial charge in [-0.1, -0.05) is 0 Å². The Hall–Kier alpha value is -2.17. The molecule has 100 valence electrons. The minimum absolute atomic E-state index is 0.449. The third-order valence-electron chi connectivity index (χ3n) is 2.15. The highest BCUT2D eigenvalue weighted by atomic mass is 127. The van der Waals surface area contributed by atoms with Gasteiger partial charge in [-0.05, 0) is 28.7 Å². The molecule has 0 fully saturated rings. The van der Waals surface area contributed by atoms with Gasteiger partial charge < -0.3 is 20.4 Å². The van der Waals surface area contributed by atoms with Crippen molar-refractivity contribution in [3.05, 3.63) is 31.9 Å². The molecule has 4 N–H and O–H groups in total. The van der Waals surface area contributed by atoms with E-state index < -0.39 is 49.7 Å². The number of benzene rings is 1. The Morgan fingerprint density at radius 2 is 1.05 bits per heavy atom. The Kier molecular flexibility index (Phi) is 4.09. The van der Waals surface area contributed by atoms with Gasteiger partial charge in [0.05, 0.1) is 22.3 Å². The van der Waals surface area contributed by atoms with Gasteiger partial charge in [0.15, 0.2) is 0 Å². The van der Waals surface area contributed by atoms with Gasteiger partial charge in [-0.25, -0.2) is 19.2 Å². The molecular formula is C10H5IO8. The van der Waals surface area contributed by atoms with Crippen LogP contribution in [0.25, 0.3) is 0 Å². The maximum absolute atomic E-state index is 11.0. The molecule has 19 heavy (non-hydrogen) atoms. The monoisotopic (exact) mass is 380 g/mol. The van der Waals surface area contributed by atoms with Gasteiger partial charge >= 0.3 is 23.9 Å². The molecule has 0 spiro atoms. The quantitative estimate of drug-likeness (QED) is 0.567. The van der Waals surface area contributed by atoms with Crippen LogP contribution in [0, 0.1) is 3.57 Å². The fourth-order valence-electron chi connectivity index (χ4n) is 1.41. The minimum Gasteiger partial charge on any atom is -0.478 e. The van der Waals surface area contributed by atoms with Gasteiger partial charge in [0, 0.05) is 3.57 Å². The van der Waals surface area contributed by atoms with E-state index in [0.29, 0.717) is 6.07 Å². The smallest absolute Gasteiger partial charge is 0.337 e. The van der Waals surface area contributed by atoms with Crippen molar-refractivity contribution in [2.75, 3.05) is 0 Å². The number of halogens is 1. The summed E-state index contributed by atoms with van der Waals surface area (Å²) in [5, 5.41) is 35.6. The molecule has 0 saturated heterocycles. The summed E-state index contributed by atoms with van der Waals surface area (Å²) < 4.78 is -0.449. The van der Waals surface area contributed by atoms with Crippen molar-refractivity contribution in [3.8, 4) is 0 Å². The summed E-state index contributed by atoms with van der Waals surface area (Å²) >= 11 is 1.30. The molecule has 0 aliphatic rings. The molecule has 0 atom stereocenters. The van der Waals surface area contributed by atoms with Gasteiger partial charge in [0.1, 0.15) is 0 Å². The molecule has 0 bridgehead atoms. The summed E-state index contributed by atoms with van der Waals surface area (Å²) in [4.78, 5) is 43.8. The first-order chi connectivity index (χ1) is 8.68. The lowest BCUT2D eigenvalue weighted by Gasteiger charge is -2.10. The van der Waals surface area contributed by atoms with Crippen LogP contribution < -0.4 is 0 Å². The molecule has 9 heteroatoms. The maximum atomic E-state index is 11.0. The zero-order valence-corrected chi connectivity index (χ0v) is 11.0. The fraction of sp³-hybridized carbons (Fsp3) is 0. The zero-order chi connectivity index (χ0) is 14.9. The third kappa shape index (κ3) is 2.65. The summed E-state index contributed by atoms with van der Waals surface area (Å²) in [6.45, 7) is 0. The number of aromatic carboxylic acids is 4. The van der Waals surface area contributed by atoms with E-state index in [1.165, 1.54) is 22.6 Å². The Bertz CT molecular complexity index is 568. The van der Waals surface area contributed by atoms with Crippen LogP contribution in [0.1, 0.15) is 41.4 Å². The Labute approximate surface area is 118 Å². The Morgan fingerprint density at radius 1 is 0.737 bits per heavy atom. The highest BCUT2D eigenvalue weighted by Crippen LogP contribution is 2.26. The molecule has 1 rings (SSSR count). The first-order valence-electron chi connectivity index (χ1n) is 4.48. The summed E-state index contributed by atoms with van der Waals surface area (Å²) in [7, 11) is 0. The van der Waals surface area contributed by atoms with E-state index >= 15 is 0 Å². The van der Waals surface area contributed by atoms with Crippen LogP contribution in [0.4, 0.5) is 0 Å². The summed E-state index contributed by atoms with van der Waals surface area (Å²) in [6.07, 6.45) is 0. The number of carbonyl (C=O) groups is 4. The molecule has 0 unspecified atom stereocenters. The van der Waals surface area contributed by atoms with Crippen LogP contribution in [0.3, 0.4) is 0 Å². The van der Waals surface area contributed by atoms with E-state index in [9.17, 15) is 19.2 Å². The highest BCUT2D eigenvalue weighted by Gasteiger charge is 2.29. The van der Waals surface area contributed by atoms with Crippen LogP contribution in [-0.2, 0) is 0 Å². The van der Waals surface area contributed by atoms with E-state index in [-0.39, 0.29) is 0 Å². The highest BCUT2D eigenvalue weighted by molar-refractivity contribution is 14.1. The predicted octanol–water partition coefficient (Wildman–Crippen LogP) is 1.08. The molecule has 1 aromatic carbocycles. The van der Waals surface area contributed by atoms with E-state index in [2.05, 4.69) is 0 Å². The first-order valence-corrected chi connectivity index (χ1v) is 5.56. The SMILES string of the molecule is O=C(O)c1cc(C(=O)O)c(C(=O)O)c(I)c1C(=O)O. The first kappa shape index (κ1) is 14.9. The number of hydrogen-bond acceptors (Lipinski definition) is 4. The molecule has 0 saturated carbocycles. The summed E-state index contributed by atoms with van der Waals surface area (Å²) in [5.41, 5.74) is -3.07. The van der Waals surface area contributed by atoms with Crippen LogP contribution >= 0.6 is 22.6 Å². The molecule has 0 radical (unpaired) electrons. The number of carboxylic acids is 4. The summed E-state index contributed by atoms with van der Waals surface area (Å²) in [5.74, 6) is -6.62. The lowest BCUT2D eigenvalue weighted by atomic mass is 9.98. The second kappa shape index (κ2) is 5.22. The van der Waals surface area contributed by atoms with Gasteiger partial charge in [-0.15, -0.1) is 0 Å². The third-order valence-corrected chi connectivity index (χ3v) is 3.23. The number of hydrogen-bond donors (Lipinski definition) is 4. The van der Waals surface area contributed by atoms with E-state index in [1.54, 1.807) is 0 Å². The second-order valence-electron chi connectivity index (χ2n) is 3.26. The van der Waals surface area contributed by atoms with Crippen molar-refractivity contribution < 1.29 is 39.6 Å². The van der Waals surface area contributed by atoms with Crippen LogP contribution in [0.2, 0.25) is 0 Å². The number of rotatable bonds is 4. The lowest BCUT2D eigenvalue weighted by Crippen LogP contribution is -2.18. The molecular weight excluding hydrogens is 375 g/mol. The van der Waals surface area contributed by atoms with Crippen molar-refractivity contribution in [1.29, 1.82) is 0 Å². The standard InChI is InChI=1S/C10H5IO8/c11-6-4(9(16)17)2(7(12)13)1-3(8(14)15)5(6)10(18)19/h1H,(H,12,13)(H,14,15)(H,16,17)(H,18,19). The van der Waals surface area contributed by atoms with Crippen LogP contribution in [0.5, 0.6) is 0 Å². The molecule has 0 heterocycles. The van der Waals surface area contributed by atoms with E-state index in [4.69, 9.17) is 20.4 Å². The van der Waals surface area contributed by atoms with Gasteiger partial charge in [-0.3, -0.25) is 0 Å². The van der Waals surface area contributed by atoms with Crippen molar-refractivity contribution >= 4 is 46.5 Å². The maximum Gasteiger partial charge on any atom is 0.337 e. The van der Waals surface area contributed by atoms with Crippen molar-refractivity contribution in [2.45, 2.75) is 0 Å². The fourth-order valence-corrected chi connectivity index (χ4v) is 2.45. The van der Waals surface area contributed by atoms with E-state index in [0.717, 1.165) is 0 Å². The van der Waals surface area contributed by atoms with E-state index in [1.807, 2.05) is 0 Å². The average molecular weight is 380 g/mol. The normalized spacial score (nSPS) is 9.95. The second-order valence-corrected chi connectivity index (χ2v) is 4.34. The largest absolute Gasteiger partial charge is 0.478 e. The molecule has 0 aromatic heterocycles. The van der Waals surface area contributed by atoms with Crippen molar-refractivity contribution in [3.63, 3.8) is 0 Å². The average Bonchev–Trinajstić information content (AvgIpc) is 2.25. The molecule has 0 aliphatic carbocycles. The Balaban J connectivity index is 3.91. The molecule has 8 nitrogen and oxygen atoms in total. The topological polar surface area (TPSA) is 149 Å². The summed E-state index contributed by atoms with van der Waals surface area (Å²) in [6, 6.07) is 0.528. The predicted molar refractivity (Wildman–Crippen MR) is 67.0 cm³/mol. The molecule has 0 amide bonds.